The van der Waals surface area contributed by atoms with Crippen molar-refractivity contribution in [2.75, 3.05) is 0 Å². The second-order valence-electron chi connectivity index (χ2n) is 5.69. The van der Waals surface area contributed by atoms with Gasteiger partial charge < -0.3 is 0 Å². The molecule has 0 aliphatic heterocycles. The van der Waals surface area contributed by atoms with Crippen molar-refractivity contribution in [3.63, 3.8) is 0 Å². The number of benzene rings is 1. The van der Waals surface area contributed by atoms with E-state index in [1.54, 1.807) is 36.7 Å². The first kappa shape index (κ1) is 19.1. The lowest BCUT2D eigenvalue weighted by molar-refractivity contribution is 0.855. The largest absolute Gasteiger partial charge is 0.275 e. The second kappa shape index (κ2) is 8.45. The molecule has 0 spiro atoms. The van der Waals surface area contributed by atoms with E-state index in [0.717, 1.165) is 11.1 Å². The molecule has 3 aromatic heterocycles. The molecule has 0 atom stereocenters. The quantitative estimate of drug-likeness (QED) is 0.388. The lowest BCUT2D eigenvalue weighted by Crippen LogP contribution is -2.14. The molecule has 1 aromatic carbocycles. The summed E-state index contributed by atoms with van der Waals surface area (Å²) in [7, 11) is 0. The van der Waals surface area contributed by atoms with Crippen molar-refractivity contribution in [3.8, 4) is 0 Å². The van der Waals surface area contributed by atoms with E-state index in [-0.39, 0.29) is 5.56 Å². The molecule has 0 amide bonds. The zero-order chi connectivity index (χ0) is 19.5. The topological polar surface area (TPSA) is 60.2 Å². The summed E-state index contributed by atoms with van der Waals surface area (Å²) in [5, 5.41) is 5.57. The smallest absolute Gasteiger partial charge is 0.267 e. The molecular formula is C19H12Cl2N4OS2. The van der Waals surface area contributed by atoms with E-state index in [9.17, 15) is 4.79 Å². The number of thioether (sulfide) groups is 1. The Balaban J connectivity index is 1.58. The van der Waals surface area contributed by atoms with Crippen LogP contribution in [0.25, 0.3) is 17.1 Å². The van der Waals surface area contributed by atoms with Crippen LogP contribution in [-0.4, -0.2) is 19.6 Å². The zero-order valence-electron chi connectivity index (χ0n) is 14.3. The fourth-order valence-corrected chi connectivity index (χ4v) is 5.11. The molecule has 0 aliphatic carbocycles. The standard InChI is InChI=1S/C19H12Cl2N4OS2/c20-15-4-1-5-16(21)14(15)11-27-19-24-25-17(26)9-13(23-18(25)28-19)7-6-12-3-2-8-22-10-12/h1-10H,11H2/b7-6+. The van der Waals surface area contributed by atoms with Gasteiger partial charge in [-0.25, -0.2) is 4.98 Å². The highest BCUT2D eigenvalue weighted by molar-refractivity contribution is 8.00. The Morgan fingerprint density at radius 3 is 2.71 bits per heavy atom. The third-order valence-electron chi connectivity index (χ3n) is 3.78. The Bertz CT molecular complexity index is 1200. The molecule has 4 rings (SSSR count). The van der Waals surface area contributed by atoms with Gasteiger partial charge in [-0.05, 0) is 35.4 Å². The van der Waals surface area contributed by atoms with Gasteiger partial charge in [-0.2, -0.15) is 4.52 Å². The molecule has 28 heavy (non-hydrogen) atoms. The van der Waals surface area contributed by atoms with E-state index < -0.39 is 0 Å². The number of aromatic nitrogens is 4. The number of hydrogen-bond acceptors (Lipinski definition) is 6. The highest BCUT2D eigenvalue weighted by atomic mass is 35.5. The predicted octanol–water partition coefficient (Wildman–Crippen LogP) is 5.32. The summed E-state index contributed by atoms with van der Waals surface area (Å²) in [6, 6.07) is 10.6. The van der Waals surface area contributed by atoms with Gasteiger partial charge in [0, 0.05) is 34.3 Å². The van der Waals surface area contributed by atoms with Gasteiger partial charge in [0.15, 0.2) is 4.34 Å². The predicted molar refractivity (Wildman–Crippen MR) is 116 cm³/mol. The monoisotopic (exact) mass is 446 g/mol. The molecule has 0 bridgehead atoms. The molecule has 4 aromatic rings. The van der Waals surface area contributed by atoms with Crippen molar-refractivity contribution in [1.82, 2.24) is 19.6 Å². The van der Waals surface area contributed by atoms with Crippen LogP contribution in [0.4, 0.5) is 0 Å². The first-order chi connectivity index (χ1) is 13.6. The molecule has 0 aliphatic rings. The minimum Gasteiger partial charge on any atom is -0.267 e. The van der Waals surface area contributed by atoms with Crippen LogP contribution >= 0.6 is 46.3 Å². The summed E-state index contributed by atoms with van der Waals surface area (Å²) in [6.45, 7) is 0. The summed E-state index contributed by atoms with van der Waals surface area (Å²) in [6.07, 6.45) is 7.10. The molecule has 0 saturated carbocycles. The number of rotatable bonds is 5. The Hall–Kier alpha value is -2.19. The Kier molecular flexibility index (Phi) is 5.77. The minimum atomic E-state index is -0.227. The summed E-state index contributed by atoms with van der Waals surface area (Å²) >= 11 is 15.2. The van der Waals surface area contributed by atoms with Crippen molar-refractivity contribution in [3.05, 3.63) is 86.0 Å². The SMILES string of the molecule is O=c1cc(/C=C/c2cccnc2)nc2sc(SCc3c(Cl)cccc3Cl)nn12. The van der Waals surface area contributed by atoms with Gasteiger partial charge in [0.05, 0.1) is 5.69 Å². The minimum absolute atomic E-state index is 0.227. The number of halogens is 2. The van der Waals surface area contributed by atoms with E-state index in [4.69, 9.17) is 23.2 Å². The maximum Gasteiger partial charge on any atom is 0.275 e. The van der Waals surface area contributed by atoms with Crippen LogP contribution in [0.2, 0.25) is 10.0 Å². The van der Waals surface area contributed by atoms with Gasteiger partial charge in [-0.1, -0.05) is 64.5 Å². The fourth-order valence-electron chi connectivity index (χ4n) is 2.41. The van der Waals surface area contributed by atoms with Gasteiger partial charge in [0.25, 0.3) is 5.56 Å². The zero-order valence-corrected chi connectivity index (χ0v) is 17.4. The van der Waals surface area contributed by atoms with Crippen LogP contribution in [0.15, 0.2) is 57.9 Å². The normalized spacial score (nSPS) is 11.5. The molecule has 5 nitrogen and oxygen atoms in total. The molecular weight excluding hydrogens is 435 g/mol. The van der Waals surface area contributed by atoms with Crippen LogP contribution in [0.1, 0.15) is 16.8 Å². The third kappa shape index (κ3) is 4.28. The Morgan fingerprint density at radius 2 is 1.96 bits per heavy atom. The van der Waals surface area contributed by atoms with Gasteiger partial charge in [0.2, 0.25) is 4.96 Å². The molecule has 0 unspecified atom stereocenters. The van der Waals surface area contributed by atoms with Crippen molar-refractivity contribution in [1.29, 1.82) is 0 Å². The second-order valence-corrected chi connectivity index (χ2v) is 8.68. The molecule has 3 heterocycles. The first-order valence-corrected chi connectivity index (χ1v) is 10.7. The van der Waals surface area contributed by atoms with Crippen LogP contribution in [-0.2, 0) is 5.75 Å². The van der Waals surface area contributed by atoms with Gasteiger partial charge in [-0.3, -0.25) is 9.78 Å². The summed E-state index contributed by atoms with van der Waals surface area (Å²) < 4.78 is 2.02. The van der Waals surface area contributed by atoms with E-state index in [0.29, 0.717) is 30.8 Å². The van der Waals surface area contributed by atoms with Crippen molar-refractivity contribution < 1.29 is 0 Å². The third-order valence-corrected chi connectivity index (χ3v) is 6.56. The molecule has 0 fully saturated rings. The Labute approximate surface area is 178 Å². The van der Waals surface area contributed by atoms with Gasteiger partial charge >= 0.3 is 0 Å². The first-order valence-electron chi connectivity index (χ1n) is 8.15. The lowest BCUT2D eigenvalue weighted by atomic mass is 10.2. The van der Waals surface area contributed by atoms with Crippen molar-refractivity contribution in [2.45, 2.75) is 10.1 Å². The molecule has 0 N–H and O–H groups in total. The van der Waals surface area contributed by atoms with Crippen LogP contribution in [0.3, 0.4) is 0 Å². The van der Waals surface area contributed by atoms with Crippen LogP contribution in [0.5, 0.6) is 0 Å². The van der Waals surface area contributed by atoms with Crippen LogP contribution < -0.4 is 5.56 Å². The van der Waals surface area contributed by atoms with Crippen molar-refractivity contribution >= 4 is 63.4 Å². The molecule has 9 heteroatoms. The van der Waals surface area contributed by atoms with Gasteiger partial charge in [-0.15, -0.1) is 5.10 Å². The average Bonchev–Trinajstić information content (AvgIpc) is 3.10. The molecule has 140 valence electrons. The van der Waals surface area contributed by atoms with Crippen molar-refractivity contribution in [2.24, 2.45) is 0 Å². The lowest BCUT2D eigenvalue weighted by Gasteiger charge is -2.04. The summed E-state index contributed by atoms with van der Waals surface area (Å²) in [5.74, 6) is 0.556. The maximum absolute atomic E-state index is 12.4. The number of hydrogen-bond donors (Lipinski definition) is 0. The highest BCUT2D eigenvalue weighted by Gasteiger charge is 2.11. The van der Waals surface area contributed by atoms with E-state index >= 15 is 0 Å². The number of nitrogens with zero attached hydrogens (tertiary/aromatic N) is 4. The van der Waals surface area contributed by atoms with E-state index in [2.05, 4.69) is 15.1 Å². The maximum atomic E-state index is 12.4. The highest BCUT2D eigenvalue weighted by Crippen LogP contribution is 2.32. The number of fused-ring (bicyclic) bond motifs is 1. The molecule has 0 radical (unpaired) electrons. The summed E-state index contributed by atoms with van der Waals surface area (Å²) in [4.78, 5) is 21.5. The van der Waals surface area contributed by atoms with Gasteiger partial charge in [0.1, 0.15) is 0 Å². The fraction of sp³-hybridized carbons (Fsp3) is 0.0526. The number of pyridine rings is 1. The Morgan fingerprint density at radius 1 is 1.14 bits per heavy atom. The van der Waals surface area contributed by atoms with E-state index in [1.807, 2.05) is 18.2 Å². The molecule has 0 saturated heterocycles. The van der Waals surface area contributed by atoms with Crippen LogP contribution in [0, 0.1) is 0 Å². The summed E-state index contributed by atoms with van der Waals surface area (Å²) in [5.41, 5.74) is 2.12. The van der Waals surface area contributed by atoms with E-state index in [1.165, 1.54) is 33.7 Å². The average molecular weight is 447 g/mol.